The Morgan fingerprint density at radius 3 is 2.91 bits per heavy atom. The zero-order valence-corrected chi connectivity index (χ0v) is 13.9. The molecule has 2 aromatic heterocycles. The normalized spacial score (nSPS) is 12.2. The zero-order valence-electron chi connectivity index (χ0n) is 11.9. The second-order valence-electron chi connectivity index (χ2n) is 4.81. The van der Waals surface area contributed by atoms with E-state index in [2.05, 4.69) is 15.2 Å². The summed E-state index contributed by atoms with van der Waals surface area (Å²) in [6.07, 6.45) is 0.353. The number of para-hydroxylation sites is 1. The number of carbonyl (C=O) groups excluding carboxylic acids is 1. The molecule has 22 heavy (non-hydrogen) atoms. The van der Waals surface area contributed by atoms with Crippen LogP contribution in [-0.2, 0) is 4.79 Å². The predicted octanol–water partition coefficient (Wildman–Crippen LogP) is -3.03. The predicted molar refractivity (Wildman–Crippen MR) is 73.4 cm³/mol. The Hall–Kier alpha value is -1.67. The van der Waals surface area contributed by atoms with Crippen LogP contribution in [0.1, 0.15) is 24.5 Å². The number of carbonyl (C=O) groups is 1. The first-order chi connectivity index (χ1) is 10.1. The maximum absolute atomic E-state index is 11.9. The molecule has 3 aromatic rings. The van der Waals surface area contributed by atoms with Crippen molar-refractivity contribution in [2.75, 3.05) is 0 Å². The molecule has 0 amide bonds. The first kappa shape index (κ1) is 16.7. The number of aromatic nitrogens is 3. The number of rotatable bonds is 4. The van der Waals surface area contributed by atoms with Gasteiger partial charge in [0.2, 0.25) is 0 Å². The third-order valence-corrected chi connectivity index (χ3v) is 3.46. The molecular formula is C14H12N3NaO4. The Morgan fingerprint density at radius 1 is 1.41 bits per heavy atom. The number of hydrogen-bond donors (Lipinski definition) is 3. The molecule has 1 aromatic carbocycles. The van der Waals surface area contributed by atoms with E-state index in [1.54, 1.807) is 18.2 Å². The number of aliphatic hydroxyl groups is 1. The Bertz CT molecular complexity index is 887. The maximum Gasteiger partial charge on any atom is 1.00 e. The van der Waals surface area contributed by atoms with E-state index in [9.17, 15) is 19.8 Å². The number of carboxylic acids is 1. The summed E-state index contributed by atoms with van der Waals surface area (Å²) in [5, 5.41) is 27.9. The topological polar surface area (TPSA) is 122 Å². The Morgan fingerprint density at radius 2 is 2.18 bits per heavy atom. The molecule has 1 atom stereocenters. The van der Waals surface area contributed by atoms with Gasteiger partial charge in [-0.2, -0.15) is 5.10 Å². The van der Waals surface area contributed by atoms with Crippen LogP contribution in [0.4, 0.5) is 0 Å². The van der Waals surface area contributed by atoms with Gasteiger partial charge in [0.05, 0.1) is 28.7 Å². The first-order valence-electron chi connectivity index (χ1n) is 6.44. The summed E-state index contributed by atoms with van der Waals surface area (Å²) in [5.41, 5.74) is 1.40. The van der Waals surface area contributed by atoms with Crippen LogP contribution in [0.5, 0.6) is 0 Å². The van der Waals surface area contributed by atoms with Gasteiger partial charge in [-0.1, -0.05) is 18.2 Å². The van der Waals surface area contributed by atoms with Crippen LogP contribution in [0.3, 0.4) is 0 Å². The Labute approximate surface area is 146 Å². The fourth-order valence-corrected chi connectivity index (χ4v) is 2.50. The number of nitrogens with zero attached hydrogens (tertiary/aromatic N) is 1. The molecule has 3 N–H and O–H groups in total. The number of nitrogens with one attached hydrogen (secondary N) is 2. The van der Waals surface area contributed by atoms with Gasteiger partial charge in [0.1, 0.15) is 0 Å². The average Bonchev–Trinajstić information content (AvgIpc) is 2.84. The molecule has 7 nitrogen and oxygen atoms in total. The minimum absolute atomic E-state index is 0. The van der Waals surface area contributed by atoms with Crippen LogP contribution in [0.25, 0.3) is 21.8 Å². The molecule has 8 heteroatoms. The van der Waals surface area contributed by atoms with Crippen LogP contribution in [0, 0.1) is 0 Å². The number of aromatic amines is 2. The number of benzene rings is 1. The van der Waals surface area contributed by atoms with Gasteiger partial charge in [-0.05, 0) is 12.8 Å². The van der Waals surface area contributed by atoms with Crippen molar-refractivity contribution in [2.24, 2.45) is 0 Å². The van der Waals surface area contributed by atoms with Crippen molar-refractivity contribution in [3.8, 4) is 0 Å². The van der Waals surface area contributed by atoms with Crippen molar-refractivity contribution in [3.05, 3.63) is 40.3 Å². The largest absolute Gasteiger partial charge is 1.00 e. The van der Waals surface area contributed by atoms with E-state index in [-0.39, 0.29) is 48.0 Å². The summed E-state index contributed by atoms with van der Waals surface area (Å²) in [6.45, 7) is 0. The van der Waals surface area contributed by atoms with E-state index < -0.39 is 12.1 Å². The summed E-state index contributed by atoms with van der Waals surface area (Å²) in [6, 6.07) is 5.17. The van der Waals surface area contributed by atoms with Gasteiger partial charge < -0.3 is 20.0 Å². The minimum Gasteiger partial charge on any atom is -0.550 e. The molecule has 0 aliphatic rings. The van der Waals surface area contributed by atoms with E-state index in [1.165, 1.54) is 6.20 Å². The van der Waals surface area contributed by atoms with E-state index in [4.69, 9.17) is 0 Å². The number of hydrogen-bond acceptors (Lipinski definition) is 5. The third kappa shape index (κ3) is 2.93. The number of aliphatic carboxylic acids is 1. The third-order valence-electron chi connectivity index (χ3n) is 3.46. The maximum atomic E-state index is 11.9. The number of carboxylic acid groups (broad SMARTS) is 1. The summed E-state index contributed by atoms with van der Waals surface area (Å²) in [5.74, 6) is -1.21. The standard InChI is InChI=1S/C14H13N3O4.Na/c18-10(4-5-11(19)20)7-2-1-3-8-12-9(16-13(7)8)6-15-17-14(12)21;/h1-3,6,10,16,18H,4-5H2,(H,17,21)(H,19,20);/q;+1/p-1. The van der Waals surface area contributed by atoms with E-state index in [0.717, 1.165) is 0 Å². The van der Waals surface area contributed by atoms with Crippen molar-refractivity contribution < 1.29 is 44.6 Å². The summed E-state index contributed by atoms with van der Waals surface area (Å²) in [7, 11) is 0. The number of H-pyrrole nitrogens is 2. The quantitative estimate of drug-likeness (QED) is 0.443. The summed E-state index contributed by atoms with van der Waals surface area (Å²) >= 11 is 0. The van der Waals surface area contributed by atoms with Crippen LogP contribution in [0.15, 0.2) is 29.2 Å². The van der Waals surface area contributed by atoms with E-state index in [0.29, 0.717) is 27.4 Å². The first-order valence-corrected chi connectivity index (χ1v) is 6.44. The van der Waals surface area contributed by atoms with Crippen molar-refractivity contribution in [3.63, 3.8) is 0 Å². The molecular weight excluding hydrogens is 297 g/mol. The average molecular weight is 309 g/mol. The van der Waals surface area contributed by atoms with Gasteiger partial charge in [-0.25, -0.2) is 5.10 Å². The van der Waals surface area contributed by atoms with Gasteiger partial charge in [0, 0.05) is 16.9 Å². The molecule has 108 valence electrons. The van der Waals surface area contributed by atoms with Crippen LogP contribution in [0.2, 0.25) is 0 Å². The van der Waals surface area contributed by atoms with Crippen LogP contribution >= 0.6 is 0 Å². The van der Waals surface area contributed by atoms with Gasteiger partial charge >= 0.3 is 29.6 Å². The Kier molecular flexibility index (Phi) is 5.02. The molecule has 0 spiro atoms. The number of aliphatic hydroxyl groups excluding tert-OH is 1. The number of fused-ring (bicyclic) bond motifs is 3. The van der Waals surface area contributed by atoms with Crippen molar-refractivity contribution in [2.45, 2.75) is 18.9 Å². The van der Waals surface area contributed by atoms with Crippen LogP contribution < -0.4 is 40.2 Å². The molecule has 0 saturated heterocycles. The summed E-state index contributed by atoms with van der Waals surface area (Å²) < 4.78 is 0. The minimum atomic E-state index is -1.21. The molecule has 3 rings (SSSR count). The van der Waals surface area contributed by atoms with E-state index >= 15 is 0 Å². The fraction of sp³-hybridized carbons (Fsp3) is 0.214. The fourth-order valence-electron chi connectivity index (χ4n) is 2.50. The van der Waals surface area contributed by atoms with Crippen molar-refractivity contribution in [1.29, 1.82) is 0 Å². The van der Waals surface area contributed by atoms with Crippen molar-refractivity contribution in [1.82, 2.24) is 15.2 Å². The summed E-state index contributed by atoms with van der Waals surface area (Å²) in [4.78, 5) is 25.4. The molecule has 1 unspecified atom stereocenters. The SMILES string of the molecule is O=C([O-])CCC(O)c1cccc2c1[nH]c1cn[nH]c(=O)c12.[Na+]. The zero-order chi connectivity index (χ0) is 15.0. The smallest absolute Gasteiger partial charge is 0.550 e. The monoisotopic (exact) mass is 309 g/mol. The Balaban J connectivity index is 0.00000176. The molecule has 0 aliphatic heterocycles. The van der Waals surface area contributed by atoms with Crippen molar-refractivity contribution >= 4 is 27.8 Å². The van der Waals surface area contributed by atoms with Gasteiger partial charge in [-0.15, -0.1) is 0 Å². The van der Waals surface area contributed by atoms with Gasteiger partial charge in [0.25, 0.3) is 5.56 Å². The molecule has 0 radical (unpaired) electrons. The molecule has 0 bridgehead atoms. The molecule has 0 saturated carbocycles. The van der Waals surface area contributed by atoms with E-state index in [1.807, 2.05) is 0 Å². The molecule has 0 aliphatic carbocycles. The van der Waals surface area contributed by atoms with Gasteiger partial charge in [-0.3, -0.25) is 4.79 Å². The van der Waals surface area contributed by atoms with Crippen LogP contribution in [-0.4, -0.2) is 26.3 Å². The molecule has 0 fully saturated rings. The molecule has 2 heterocycles. The second-order valence-corrected chi connectivity index (χ2v) is 4.81. The van der Waals surface area contributed by atoms with Gasteiger partial charge in [0.15, 0.2) is 0 Å². The second kappa shape index (κ2) is 6.62.